The molecule has 1 N–H and O–H groups in total. The second kappa shape index (κ2) is 11.9. The van der Waals surface area contributed by atoms with Crippen molar-refractivity contribution < 1.29 is 19.0 Å². The highest BCUT2D eigenvalue weighted by Gasteiger charge is 2.72. The van der Waals surface area contributed by atoms with Crippen molar-refractivity contribution in [1.29, 1.82) is 0 Å². The topological polar surface area (TPSA) is 47.9 Å². The SMILES string of the molecule is CC(C)(O[Si](C)(C)C(C)(C)C)[C@H]1CC[C@@](C)(C2CC[C@]3(C)C2[C@H](OCc2ccccc2)CC2[C@@]4(C)CC[C@H](O)C(C)(C)C4CC[C@]23C)O1. The maximum Gasteiger partial charge on any atom is 0.192 e. The van der Waals surface area contributed by atoms with Gasteiger partial charge in [-0.25, -0.2) is 0 Å². The van der Waals surface area contributed by atoms with Gasteiger partial charge in [0.2, 0.25) is 0 Å². The van der Waals surface area contributed by atoms with Crippen molar-refractivity contribution >= 4 is 8.32 Å². The molecule has 1 aromatic carbocycles. The van der Waals surface area contributed by atoms with E-state index in [4.69, 9.17) is 13.9 Å². The monoisotopic (exact) mass is 681 g/mol. The Morgan fingerprint density at radius 1 is 0.812 bits per heavy atom. The lowest BCUT2D eigenvalue weighted by molar-refractivity contribution is -0.256. The van der Waals surface area contributed by atoms with Gasteiger partial charge in [0.15, 0.2) is 8.32 Å². The lowest BCUT2D eigenvalue weighted by Crippen LogP contribution is -2.66. The Bertz CT molecular complexity index is 1320. The van der Waals surface area contributed by atoms with E-state index in [0.717, 1.165) is 32.1 Å². The highest BCUT2D eigenvalue weighted by atomic mass is 28.4. The molecule has 1 aliphatic heterocycles. The van der Waals surface area contributed by atoms with Crippen LogP contribution in [0, 0.1) is 45.3 Å². The van der Waals surface area contributed by atoms with Crippen LogP contribution in [0.2, 0.25) is 18.1 Å². The summed E-state index contributed by atoms with van der Waals surface area (Å²) in [6.07, 6.45) is 10.4. The predicted molar refractivity (Wildman–Crippen MR) is 200 cm³/mol. The first-order chi connectivity index (χ1) is 22.0. The fourth-order valence-corrected chi connectivity index (χ4v) is 14.6. The molecule has 6 rings (SSSR count). The molecule has 0 bridgehead atoms. The molecule has 11 atom stereocenters. The van der Waals surface area contributed by atoms with E-state index in [2.05, 4.69) is 120 Å². The van der Waals surface area contributed by atoms with Crippen LogP contribution in [0.25, 0.3) is 0 Å². The van der Waals surface area contributed by atoms with E-state index in [9.17, 15) is 5.11 Å². The number of rotatable bonds is 7. The Labute approximate surface area is 296 Å². The molecule has 4 saturated carbocycles. The van der Waals surface area contributed by atoms with Gasteiger partial charge in [-0.2, -0.15) is 0 Å². The van der Waals surface area contributed by atoms with Gasteiger partial charge in [-0.05, 0) is 148 Å². The minimum absolute atomic E-state index is 0.0514. The Morgan fingerprint density at radius 3 is 2.10 bits per heavy atom. The summed E-state index contributed by atoms with van der Waals surface area (Å²) in [5.41, 5.74) is 1.33. The van der Waals surface area contributed by atoms with Crippen molar-refractivity contribution in [2.75, 3.05) is 0 Å². The van der Waals surface area contributed by atoms with Crippen LogP contribution in [-0.4, -0.2) is 42.9 Å². The molecule has 5 aliphatic rings. The number of fused-ring (bicyclic) bond motifs is 5. The van der Waals surface area contributed by atoms with Crippen LogP contribution in [0.5, 0.6) is 0 Å². The zero-order valence-electron chi connectivity index (χ0n) is 33.2. The molecule has 5 heteroatoms. The highest BCUT2D eigenvalue weighted by molar-refractivity contribution is 6.74. The van der Waals surface area contributed by atoms with Crippen molar-refractivity contribution in [3.05, 3.63) is 35.9 Å². The maximum atomic E-state index is 11.2. The van der Waals surface area contributed by atoms with Gasteiger partial charge in [-0.3, -0.25) is 0 Å². The van der Waals surface area contributed by atoms with Crippen molar-refractivity contribution in [2.45, 2.75) is 188 Å². The second-order valence-electron chi connectivity index (χ2n) is 21.0. The fourth-order valence-electron chi connectivity index (χ4n) is 12.8. The van der Waals surface area contributed by atoms with Gasteiger partial charge in [-0.1, -0.05) is 85.7 Å². The first kappa shape index (κ1) is 37.0. The minimum atomic E-state index is -1.96. The molecule has 1 saturated heterocycles. The van der Waals surface area contributed by atoms with E-state index >= 15 is 0 Å². The molecular weight excluding hydrogens is 609 g/mol. The zero-order chi connectivity index (χ0) is 35.3. The Hall–Kier alpha value is -0.723. The van der Waals surface area contributed by atoms with E-state index in [1.807, 2.05) is 0 Å². The summed E-state index contributed by atoms with van der Waals surface area (Å²) in [5.74, 6) is 2.04. The summed E-state index contributed by atoms with van der Waals surface area (Å²) in [5, 5.41) is 11.4. The van der Waals surface area contributed by atoms with Crippen molar-refractivity contribution in [1.82, 2.24) is 0 Å². The molecule has 5 fully saturated rings. The van der Waals surface area contributed by atoms with Crippen molar-refractivity contribution in [3.8, 4) is 0 Å². The first-order valence-corrected chi connectivity index (χ1v) is 22.6. The third kappa shape index (κ3) is 5.66. The van der Waals surface area contributed by atoms with Gasteiger partial charge >= 0.3 is 0 Å². The Balaban J connectivity index is 1.33. The number of hydrogen-bond acceptors (Lipinski definition) is 4. The normalized spacial score (nSPS) is 44.6. The molecular formula is C43H72O4Si. The van der Waals surface area contributed by atoms with Gasteiger partial charge in [0.25, 0.3) is 0 Å². The fraction of sp³-hybridized carbons (Fsp3) is 0.860. The van der Waals surface area contributed by atoms with Crippen molar-refractivity contribution in [2.24, 2.45) is 45.3 Å². The minimum Gasteiger partial charge on any atom is -0.409 e. The predicted octanol–water partition coefficient (Wildman–Crippen LogP) is 11.0. The zero-order valence-corrected chi connectivity index (χ0v) is 34.2. The average Bonchev–Trinajstić information content (AvgIpc) is 3.57. The van der Waals surface area contributed by atoms with Gasteiger partial charge in [0, 0.05) is 0 Å². The number of aliphatic hydroxyl groups is 1. The standard InChI is InChI=1S/C43H72O4Si/c1-37(2,3)48(12,13)47-39(6,7)35-22-26-43(11,46-35)30-19-24-42(10)36(30)31(45-28-29-17-15-14-16-18-29)27-33-40(8)23-21-34(44)38(4,5)32(40)20-25-41(33,42)9/h14-18,30-36,44H,19-28H2,1-13H3/t30?,31-,32?,33?,34+,35-,36?,40+,41-,42-,43+/m1/s1. The average molecular weight is 681 g/mol. The molecule has 0 spiro atoms. The van der Waals surface area contributed by atoms with Gasteiger partial charge < -0.3 is 19.0 Å². The molecule has 4 aliphatic carbocycles. The smallest absolute Gasteiger partial charge is 0.192 e. The lowest BCUT2D eigenvalue weighted by atomic mass is 9.35. The van der Waals surface area contributed by atoms with Gasteiger partial charge in [-0.15, -0.1) is 0 Å². The summed E-state index contributed by atoms with van der Waals surface area (Å²) in [7, 11) is -1.96. The quantitative estimate of drug-likeness (QED) is 0.291. The summed E-state index contributed by atoms with van der Waals surface area (Å²) in [6.45, 7) is 32.2. The lowest BCUT2D eigenvalue weighted by Gasteiger charge is -2.71. The van der Waals surface area contributed by atoms with Crippen LogP contribution in [0.4, 0.5) is 0 Å². The van der Waals surface area contributed by atoms with Gasteiger partial charge in [0.05, 0.1) is 36.1 Å². The molecule has 4 nitrogen and oxygen atoms in total. The third-order valence-corrected chi connectivity index (χ3v) is 21.5. The summed E-state index contributed by atoms with van der Waals surface area (Å²) < 4.78 is 21.7. The Kier molecular flexibility index (Phi) is 9.19. The summed E-state index contributed by atoms with van der Waals surface area (Å²) in [4.78, 5) is 0. The van der Waals surface area contributed by atoms with Crippen LogP contribution < -0.4 is 0 Å². The van der Waals surface area contributed by atoms with Crippen LogP contribution in [0.3, 0.4) is 0 Å². The molecule has 272 valence electrons. The second-order valence-corrected chi connectivity index (χ2v) is 25.8. The Morgan fingerprint density at radius 2 is 1.46 bits per heavy atom. The summed E-state index contributed by atoms with van der Waals surface area (Å²) >= 11 is 0. The number of aliphatic hydroxyl groups excluding tert-OH is 1. The molecule has 0 amide bonds. The maximum absolute atomic E-state index is 11.2. The molecule has 0 aromatic heterocycles. The van der Waals surface area contributed by atoms with E-state index in [-0.39, 0.29) is 56.2 Å². The first-order valence-electron chi connectivity index (χ1n) is 19.7. The van der Waals surface area contributed by atoms with E-state index in [1.165, 1.54) is 31.2 Å². The molecule has 1 aromatic rings. The van der Waals surface area contributed by atoms with Crippen LogP contribution in [0.1, 0.15) is 140 Å². The molecule has 48 heavy (non-hydrogen) atoms. The van der Waals surface area contributed by atoms with E-state index in [0.29, 0.717) is 30.3 Å². The largest absolute Gasteiger partial charge is 0.409 e. The number of ether oxygens (including phenoxy) is 2. The molecule has 0 radical (unpaired) electrons. The third-order valence-electron chi connectivity index (χ3n) is 16.8. The van der Waals surface area contributed by atoms with Gasteiger partial charge in [0.1, 0.15) is 0 Å². The molecule has 4 unspecified atom stereocenters. The number of benzene rings is 1. The van der Waals surface area contributed by atoms with E-state index in [1.54, 1.807) is 0 Å². The number of hydrogen-bond donors (Lipinski definition) is 1. The van der Waals surface area contributed by atoms with Crippen LogP contribution in [-0.2, 0) is 20.5 Å². The summed E-state index contributed by atoms with van der Waals surface area (Å²) in [6, 6.07) is 10.8. The van der Waals surface area contributed by atoms with E-state index < -0.39 is 8.32 Å². The van der Waals surface area contributed by atoms with Crippen LogP contribution >= 0.6 is 0 Å². The molecule has 1 heterocycles. The highest BCUT2D eigenvalue weighted by Crippen LogP contribution is 2.76. The van der Waals surface area contributed by atoms with Crippen LogP contribution in [0.15, 0.2) is 30.3 Å². The van der Waals surface area contributed by atoms with Crippen molar-refractivity contribution in [3.63, 3.8) is 0 Å².